The second kappa shape index (κ2) is 7.75. The van der Waals surface area contributed by atoms with Crippen molar-refractivity contribution in [3.63, 3.8) is 0 Å². The maximum atomic E-state index is 13.3. The van der Waals surface area contributed by atoms with Crippen LogP contribution in [0.5, 0.6) is 0 Å². The lowest BCUT2D eigenvalue weighted by molar-refractivity contribution is 0.477. The molecular formula is C20H22FN5O. The molecule has 140 valence electrons. The third-order valence-corrected chi connectivity index (χ3v) is 4.84. The first-order chi connectivity index (χ1) is 13.2. The van der Waals surface area contributed by atoms with E-state index in [1.807, 2.05) is 12.1 Å². The Hall–Kier alpha value is -2.93. The number of nitrogens with zero attached hydrogens (tertiary/aromatic N) is 2. The lowest BCUT2D eigenvalue weighted by Crippen LogP contribution is -2.27. The SMILES string of the molecule is Nc1nc2c(c(NCC[C@H](c3ccc(F)cc3)c3ccco3)n1)CCNC2. The van der Waals surface area contributed by atoms with Gasteiger partial charge in [0, 0.05) is 24.6 Å². The highest BCUT2D eigenvalue weighted by Gasteiger charge is 2.19. The van der Waals surface area contributed by atoms with E-state index >= 15 is 0 Å². The topological polar surface area (TPSA) is 89.0 Å². The molecule has 6 nitrogen and oxygen atoms in total. The number of fused-ring (bicyclic) bond motifs is 1. The first-order valence-electron chi connectivity index (χ1n) is 9.09. The maximum absolute atomic E-state index is 13.3. The number of halogens is 1. The highest BCUT2D eigenvalue weighted by molar-refractivity contribution is 5.50. The molecule has 3 heterocycles. The van der Waals surface area contributed by atoms with Gasteiger partial charge in [-0.15, -0.1) is 0 Å². The molecule has 0 aliphatic carbocycles. The molecule has 3 aromatic rings. The van der Waals surface area contributed by atoms with Crippen LogP contribution in [0.4, 0.5) is 16.2 Å². The molecule has 0 radical (unpaired) electrons. The molecule has 27 heavy (non-hydrogen) atoms. The Morgan fingerprint density at radius 3 is 2.85 bits per heavy atom. The van der Waals surface area contributed by atoms with Crippen molar-refractivity contribution in [2.75, 3.05) is 24.1 Å². The molecular weight excluding hydrogens is 345 g/mol. The lowest BCUT2D eigenvalue weighted by atomic mass is 9.93. The molecule has 7 heteroatoms. The largest absolute Gasteiger partial charge is 0.469 e. The zero-order valence-corrected chi connectivity index (χ0v) is 14.9. The van der Waals surface area contributed by atoms with E-state index in [0.29, 0.717) is 13.1 Å². The number of aromatic nitrogens is 2. The fraction of sp³-hybridized carbons (Fsp3) is 0.300. The van der Waals surface area contributed by atoms with Gasteiger partial charge in [0.1, 0.15) is 17.4 Å². The van der Waals surface area contributed by atoms with Gasteiger partial charge in [-0.05, 0) is 49.2 Å². The average Bonchev–Trinajstić information content (AvgIpc) is 3.20. The molecule has 0 amide bonds. The fourth-order valence-corrected chi connectivity index (χ4v) is 3.52. The summed E-state index contributed by atoms with van der Waals surface area (Å²) in [4.78, 5) is 8.71. The van der Waals surface area contributed by atoms with Crippen molar-refractivity contribution in [1.82, 2.24) is 15.3 Å². The maximum Gasteiger partial charge on any atom is 0.222 e. The van der Waals surface area contributed by atoms with Crippen LogP contribution in [0.3, 0.4) is 0 Å². The van der Waals surface area contributed by atoms with Gasteiger partial charge in [0.05, 0.1) is 12.0 Å². The number of hydrogen-bond acceptors (Lipinski definition) is 6. The van der Waals surface area contributed by atoms with Crippen molar-refractivity contribution in [3.8, 4) is 0 Å². The summed E-state index contributed by atoms with van der Waals surface area (Å²) in [5.41, 5.74) is 8.95. The zero-order valence-electron chi connectivity index (χ0n) is 14.9. The number of nitrogens with one attached hydrogen (secondary N) is 2. The van der Waals surface area contributed by atoms with Crippen molar-refractivity contribution < 1.29 is 8.81 Å². The highest BCUT2D eigenvalue weighted by atomic mass is 19.1. The monoisotopic (exact) mass is 367 g/mol. The zero-order chi connectivity index (χ0) is 18.6. The third kappa shape index (κ3) is 3.93. The highest BCUT2D eigenvalue weighted by Crippen LogP contribution is 2.29. The van der Waals surface area contributed by atoms with Crippen LogP contribution < -0.4 is 16.4 Å². The minimum Gasteiger partial charge on any atom is -0.469 e. The minimum absolute atomic E-state index is 0.0322. The molecule has 1 aromatic carbocycles. The summed E-state index contributed by atoms with van der Waals surface area (Å²) in [7, 11) is 0. The van der Waals surface area contributed by atoms with Gasteiger partial charge in [-0.25, -0.2) is 9.37 Å². The molecule has 0 fully saturated rings. The molecule has 4 rings (SSSR count). The summed E-state index contributed by atoms with van der Waals surface area (Å²) in [5.74, 6) is 1.73. The Kier molecular flexibility index (Phi) is 5.02. The minimum atomic E-state index is -0.244. The Morgan fingerprint density at radius 2 is 2.07 bits per heavy atom. The van der Waals surface area contributed by atoms with E-state index in [-0.39, 0.29) is 17.7 Å². The molecule has 0 saturated carbocycles. The third-order valence-electron chi connectivity index (χ3n) is 4.84. The summed E-state index contributed by atoms with van der Waals surface area (Å²) < 4.78 is 18.9. The first kappa shape index (κ1) is 17.5. The van der Waals surface area contributed by atoms with Crippen LogP contribution in [-0.2, 0) is 13.0 Å². The van der Waals surface area contributed by atoms with E-state index in [4.69, 9.17) is 10.2 Å². The standard InChI is InChI=1S/C20H22FN5O/c21-14-5-3-13(4-6-14)15(18-2-1-11-27-18)8-10-24-19-16-7-9-23-12-17(16)25-20(22)26-19/h1-6,11,15,23H,7-10,12H2,(H3,22,24,25,26)/t15-/m1/s1. The van der Waals surface area contributed by atoms with Crippen molar-refractivity contribution in [1.29, 1.82) is 0 Å². The Bertz CT molecular complexity index is 895. The molecule has 0 unspecified atom stereocenters. The van der Waals surface area contributed by atoms with E-state index in [1.54, 1.807) is 18.4 Å². The number of hydrogen-bond donors (Lipinski definition) is 3. The second-order valence-electron chi connectivity index (χ2n) is 6.62. The smallest absolute Gasteiger partial charge is 0.222 e. The quantitative estimate of drug-likeness (QED) is 0.620. The molecule has 1 aliphatic rings. The van der Waals surface area contributed by atoms with E-state index in [2.05, 4.69) is 20.6 Å². The van der Waals surface area contributed by atoms with Gasteiger partial charge < -0.3 is 20.8 Å². The Balaban J connectivity index is 1.51. The summed E-state index contributed by atoms with van der Waals surface area (Å²) in [6.45, 7) is 2.29. The number of rotatable bonds is 6. The average molecular weight is 367 g/mol. The Labute approximate surface area is 157 Å². The van der Waals surface area contributed by atoms with Crippen LogP contribution in [0.15, 0.2) is 47.1 Å². The van der Waals surface area contributed by atoms with Crippen molar-refractivity contribution in [3.05, 3.63) is 71.1 Å². The van der Waals surface area contributed by atoms with Crippen LogP contribution in [0, 0.1) is 5.82 Å². The first-order valence-corrected chi connectivity index (χ1v) is 9.09. The van der Waals surface area contributed by atoms with Gasteiger partial charge in [0.25, 0.3) is 0 Å². The normalized spacial score (nSPS) is 14.6. The van der Waals surface area contributed by atoms with E-state index in [0.717, 1.165) is 47.8 Å². The van der Waals surface area contributed by atoms with Gasteiger partial charge in [-0.3, -0.25) is 0 Å². The summed E-state index contributed by atoms with van der Waals surface area (Å²) in [6.07, 6.45) is 3.31. The van der Waals surface area contributed by atoms with Crippen LogP contribution in [-0.4, -0.2) is 23.1 Å². The van der Waals surface area contributed by atoms with Crippen LogP contribution in [0.25, 0.3) is 0 Å². The van der Waals surface area contributed by atoms with Gasteiger partial charge in [-0.2, -0.15) is 4.98 Å². The van der Waals surface area contributed by atoms with Crippen LogP contribution >= 0.6 is 0 Å². The summed E-state index contributed by atoms with van der Waals surface area (Å²) in [6, 6.07) is 10.4. The van der Waals surface area contributed by atoms with Crippen LogP contribution in [0.2, 0.25) is 0 Å². The molecule has 0 bridgehead atoms. The number of furan rings is 1. The number of anilines is 2. The van der Waals surface area contributed by atoms with E-state index in [1.165, 1.54) is 12.1 Å². The van der Waals surface area contributed by atoms with Gasteiger partial charge in [0.2, 0.25) is 5.95 Å². The molecule has 1 aliphatic heterocycles. The van der Waals surface area contributed by atoms with E-state index in [9.17, 15) is 4.39 Å². The molecule has 4 N–H and O–H groups in total. The lowest BCUT2D eigenvalue weighted by Gasteiger charge is -2.21. The summed E-state index contributed by atoms with van der Waals surface area (Å²) in [5, 5.41) is 6.71. The van der Waals surface area contributed by atoms with Crippen molar-refractivity contribution in [2.24, 2.45) is 0 Å². The molecule has 0 saturated heterocycles. The fourth-order valence-electron chi connectivity index (χ4n) is 3.52. The predicted molar refractivity (Wildman–Crippen MR) is 102 cm³/mol. The molecule has 0 spiro atoms. The van der Waals surface area contributed by atoms with Crippen molar-refractivity contribution >= 4 is 11.8 Å². The Morgan fingerprint density at radius 1 is 1.22 bits per heavy atom. The number of benzene rings is 1. The van der Waals surface area contributed by atoms with Gasteiger partial charge in [0.15, 0.2) is 0 Å². The van der Waals surface area contributed by atoms with Gasteiger partial charge >= 0.3 is 0 Å². The number of nitrogen functional groups attached to an aromatic ring is 1. The predicted octanol–water partition coefficient (Wildman–Crippen LogP) is 3.07. The van der Waals surface area contributed by atoms with Crippen molar-refractivity contribution in [2.45, 2.75) is 25.3 Å². The number of nitrogens with two attached hydrogens (primary N) is 1. The van der Waals surface area contributed by atoms with Gasteiger partial charge in [-0.1, -0.05) is 12.1 Å². The second-order valence-corrected chi connectivity index (χ2v) is 6.62. The summed E-state index contributed by atoms with van der Waals surface area (Å²) >= 11 is 0. The van der Waals surface area contributed by atoms with Crippen LogP contribution in [0.1, 0.15) is 34.9 Å². The molecule has 1 atom stereocenters. The van der Waals surface area contributed by atoms with E-state index < -0.39 is 0 Å². The molecule has 2 aromatic heterocycles.